The number of benzene rings is 2. The van der Waals surface area contributed by atoms with Crippen molar-refractivity contribution in [2.24, 2.45) is 4.99 Å². The minimum Gasteiger partial charge on any atom is -0.497 e. The molecular weight excluding hydrogens is 380 g/mol. The van der Waals surface area contributed by atoms with Crippen LogP contribution in [0, 0.1) is 0 Å². The monoisotopic (exact) mass is 412 g/mol. The zero-order chi connectivity index (χ0) is 21.3. The van der Waals surface area contributed by atoms with Crippen molar-refractivity contribution in [3.8, 4) is 17.2 Å². The third kappa shape index (κ3) is 5.79. The van der Waals surface area contributed by atoms with Gasteiger partial charge in [0.15, 0.2) is 17.5 Å². The minimum atomic E-state index is 0.124. The van der Waals surface area contributed by atoms with Crippen molar-refractivity contribution in [2.75, 3.05) is 52.8 Å². The van der Waals surface area contributed by atoms with E-state index in [0.29, 0.717) is 19.8 Å². The molecule has 1 aliphatic rings. The Hall–Kier alpha value is -2.93. The molecule has 0 aliphatic carbocycles. The fourth-order valence-electron chi connectivity index (χ4n) is 3.28. The van der Waals surface area contributed by atoms with E-state index >= 15 is 0 Å². The predicted octanol–water partition coefficient (Wildman–Crippen LogP) is 3.54. The molecule has 0 spiro atoms. The van der Waals surface area contributed by atoms with Crippen molar-refractivity contribution in [1.82, 2.24) is 10.2 Å². The molecule has 2 aromatic carbocycles. The lowest BCUT2D eigenvalue weighted by Gasteiger charge is -2.24. The summed E-state index contributed by atoms with van der Waals surface area (Å²) in [4.78, 5) is 6.99. The Morgan fingerprint density at radius 2 is 1.93 bits per heavy atom. The number of fused-ring (bicyclic) bond motifs is 1. The molecule has 2 aromatic rings. The van der Waals surface area contributed by atoms with E-state index < -0.39 is 0 Å². The smallest absolute Gasteiger partial charge is 0.195 e. The fourth-order valence-corrected chi connectivity index (χ4v) is 3.28. The third-order valence-corrected chi connectivity index (χ3v) is 4.88. The van der Waals surface area contributed by atoms with Gasteiger partial charge >= 0.3 is 0 Å². The minimum absolute atomic E-state index is 0.124. The van der Waals surface area contributed by atoms with Crippen LogP contribution in [0.1, 0.15) is 24.9 Å². The molecule has 0 aromatic heterocycles. The number of guanidine groups is 1. The van der Waals surface area contributed by atoms with E-state index in [1.165, 1.54) is 0 Å². The van der Waals surface area contributed by atoms with Crippen LogP contribution < -0.4 is 24.8 Å². The molecule has 1 heterocycles. The summed E-state index contributed by atoms with van der Waals surface area (Å²) in [7, 11) is 5.80. The van der Waals surface area contributed by atoms with Crippen molar-refractivity contribution in [1.29, 1.82) is 0 Å². The number of likely N-dealkylation sites (N-methyl/N-ethyl adjacent to an activating group) is 1. The van der Waals surface area contributed by atoms with Crippen LogP contribution in [0.3, 0.4) is 0 Å². The summed E-state index contributed by atoms with van der Waals surface area (Å²) < 4.78 is 16.9. The highest BCUT2D eigenvalue weighted by Gasteiger charge is 2.16. The lowest BCUT2D eigenvalue weighted by molar-refractivity contribution is 0.297. The van der Waals surface area contributed by atoms with E-state index in [1.807, 2.05) is 30.3 Å². The summed E-state index contributed by atoms with van der Waals surface area (Å²) in [6.45, 7) is 4.76. The highest BCUT2D eigenvalue weighted by molar-refractivity contribution is 5.94. The SMILES string of the molecule is CCNC(=NCC(c1cccc(OC)c1)N(C)C)Nc1ccc2c(c1)OCCCO2. The molecule has 1 aliphatic heterocycles. The van der Waals surface area contributed by atoms with Crippen molar-refractivity contribution in [3.05, 3.63) is 48.0 Å². The molecule has 7 nitrogen and oxygen atoms in total. The Morgan fingerprint density at radius 3 is 2.67 bits per heavy atom. The molecule has 0 fully saturated rings. The molecule has 7 heteroatoms. The molecule has 0 radical (unpaired) electrons. The second-order valence-electron chi connectivity index (χ2n) is 7.31. The second-order valence-corrected chi connectivity index (χ2v) is 7.31. The first-order valence-electron chi connectivity index (χ1n) is 10.4. The maximum Gasteiger partial charge on any atom is 0.195 e. The van der Waals surface area contributed by atoms with Gasteiger partial charge in [0, 0.05) is 24.7 Å². The normalized spacial score (nSPS) is 14.8. The van der Waals surface area contributed by atoms with Crippen LogP contribution in [0.4, 0.5) is 5.69 Å². The topological polar surface area (TPSA) is 67.4 Å². The van der Waals surface area contributed by atoms with Gasteiger partial charge in [-0.2, -0.15) is 0 Å². The van der Waals surface area contributed by atoms with Gasteiger partial charge in [0.1, 0.15) is 5.75 Å². The molecule has 1 unspecified atom stereocenters. The van der Waals surface area contributed by atoms with Gasteiger partial charge in [-0.3, -0.25) is 4.99 Å². The Kier molecular flexibility index (Phi) is 7.79. The quantitative estimate of drug-likeness (QED) is 0.536. The molecule has 0 bridgehead atoms. The van der Waals surface area contributed by atoms with Gasteiger partial charge < -0.3 is 29.7 Å². The second kappa shape index (κ2) is 10.7. The van der Waals surface area contributed by atoms with Gasteiger partial charge in [-0.1, -0.05) is 12.1 Å². The van der Waals surface area contributed by atoms with Gasteiger partial charge in [0.2, 0.25) is 0 Å². The van der Waals surface area contributed by atoms with E-state index in [4.69, 9.17) is 19.2 Å². The number of ether oxygens (including phenoxy) is 3. The van der Waals surface area contributed by atoms with Gasteiger partial charge in [-0.15, -0.1) is 0 Å². The summed E-state index contributed by atoms with van der Waals surface area (Å²) in [6.07, 6.45) is 0.887. The van der Waals surface area contributed by atoms with E-state index in [2.05, 4.69) is 48.7 Å². The summed E-state index contributed by atoms with van der Waals surface area (Å²) in [5.41, 5.74) is 2.07. The van der Waals surface area contributed by atoms with Crippen LogP contribution in [-0.2, 0) is 0 Å². The summed E-state index contributed by atoms with van der Waals surface area (Å²) in [5, 5.41) is 6.69. The number of anilines is 1. The van der Waals surface area contributed by atoms with E-state index in [9.17, 15) is 0 Å². The van der Waals surface area contributed by atoms with Crippen molar-refractivity contribution < 1.29 is 14.2 Å². The maximum absolute atomic E-state index is 5.80. The summed E-state index contributed by atoms with van der Waals surface area (Å²) >= 11 is 0. The van der Waals surface area contributed by atoms with Gasteiger partial charge in [0.25, 0.3) is 0 Å². The standard InChI is InChI=1S/C23H32N4O3/c1-5-24-23(26-18-10-11-21-22(15-18)30-13-7-12-29-21)25-16-20(27(2)3)17-8-6-9-19(14-17)28-4/h6,8-11,14-15,20H,5,7,12-13,16H2,1-4H3,(H2,24,25,26). The average molecular weight is 413 g/mol. The number of nitrogens with zero attached hydrogens (tertiary/aromatic N) is 2. The Bertz CT molecular complexity index is 854. The lowest BCUT2D eigenvalue weighted by Crippen LogP contribution is -2.32. The highest BCUT2D eigenvalue weighted by atomic mass is 16.5. The zero-order valence-corrected chi connectivity index (χ0v) is 18.3. The fraction of sp³-hybridized carbons (Fsp3) is 0.435. The largest absolute Gasteiger partial charge is 0.497 e. The highest BCUT2D eigenvalue weighted by Crippen LogP contribution is 2.32. The van der Waals surface area contributed by atoms with Crippen molar-refractivity contribution in [2.45, 2.75) is 19.4 Å². The van der Waals surface area contributed by atoms with Crippen LogP contribution in [-0.4, -0.2) is 58.4 Å². The van der Waals surface area contributed by atoms with Gasteiger partial charge in [-0.25, -0.2) is 0 Å². The Morgan fingerprint density at radius 1 is 1.13 bits per heavy atom. The lowest BCUT2D eigenvalue weighted by atomic mass is 10.1. The van der Waals surface area contributed by atoms with Gasteiger partial charge in [0.05, 0.1) is 32.9 Å². The molecule has 0 saturated heterocycles. The van der Waals surface area contributed by atoms with Crippen LogP contribution in [0.5, 0.6) is 17.2 Å². The molecule has 162 valence electrons. The van der Waals surface area contributed by atoms with E-state index in [0.717, 1.165) is 47.4 Å². The number of hydrogen-bond acceptors (Lipinski definition) is 5. The number of aliphatic imine (C=N–C) groups is 1. The van der Waals surface area contributed by atoms with Crippen molar-refractivity contribution in [3.63, 3.8) is 0 Å². The Labute approximate surface area is 179 Å². The van der Waals surface area contributed by atoms with E-state index in [1.54, 1.807) is 7.11 Å². The van der Waals surface area contributed by atoms with Crippen molar-refractivity contribution >= 4 is 11.6 Å². The molecule has 1 atom stereocenters. The number of rotatable bonds is 7. The molecule has 0 amide bonds. The molecule has 3 rings (SSSR count). The summed E-state index contributed by atoms with van der Waals surface area (Å²) in [5.74, 6) is 3.11. The third-order valence-electron chi connectivity index (χ3n) is 4.88. The predicted molar refractivity (Wildman–Crippen MR) is 121 cm³/mol. The maximum atomic E-state index is 5.80. The average Bonchev–Trinajstić information content (AvgIpc) is 2.99. The molecule has 30 heavy (non-hydrogen) atoms. The molecule has 2 N–H and O–H groups in total. The first kappa shape index (κ1) is 21.8. The first-order chi connectivity index (χ1) is 14.6. The number of hydrogen-bond donors (Lipinski definition) is 2. The number of nitrogens with one attached hydrogen (secondary N) is 2. The number of methoxy groups -OCH3 is 1. The molecular formula is C23H32N4O3. The van der Waals surface area contributed by atoms with Crippen LogP contribution in [0.2, 0.25) is 0 Å². The summed E-state index contributed by atoms with van der Waals surface area (Å²) in [6, 6.07) is 14.1. The van der Waals surface area contributed by atoms with Crippen LogP contribution >= 0.6 is 0 Å². The van der Waals surface area contributed by atoms with Crippen LogP contribution in [0.15, 0.2) is 47.5 Å². The zero-order valence-electron chi connectivity index (χ0n) is 18.3. The van der Waals surface area contributed by atoms with Crippen LogP contribution in [0.25, 0.3) is 0 Å². The van der Waals surface area contributed by atoms with Gasteiger partial charge in [-0.05, 0) is 50.8 Å². The van der Waals surface area contributed by atoms with E-state index in [-0.39, 0.29) is 6.04 Å². The Balaban J connectivity index is 1.76. The first-order valence-corrected chi connectivity index (χ1v) is 10.4. The molecule has 0 saturated carbocycles.